The molecule has 1 aromatic rings. The maximum Gasteiger partial charge on any atom is 0.344 e. The lowest BCUT2D eigenvalue weighted by Crippen LogP contribution is -2.49. The number of imide groups is 1. The van der Waals surface area contributed by atoms with Gasteiger partial charge in [0, 0.05) is 12.1 Å². The molecular formula is C24H32N4O7. The zero-order valence-electron chi connectivity index (χ0n) is 20.5. The Hall–Kier alpha value is -3.63. The number of amides is 5. The molecule has 11 nitrogen and oxygen atoms in total. The number of nitrogens with zero attached hydrogens (tertiary/aromatic N) is 2. The summed E-state index contributed by atoms with van der Waals surface area (Å²) in [6.45, 7) is 6.57. The molecule has 1 aromatic carbocycles. The zero-order valence-corrected chi connectivity index (χ0v) is 20.5. The van der Waals surface area contributed by atoms with Gasteiger partial charge in [-0.25, -0.2) is 9.59 Å². The van der Waals surface area contributed by atoms with Gasteiger partial charge >= 0.3 is 12.0 Å². The number of nitrogens with one attached hydrogen (secondary N) is 2. The molecule has 2 saturated heterocycles. The van der Waals surface area contributed by atoms with Gasteiger partial charge in [0.1, 0.15) is 11.3 Å². The van der Waals surface area contributed by atoms with Crippen LogP contribution in [-0.2, 0) is 19.1 Å². The van der Waals surface area contributed by atoms with Gasteiger partial charge in [-0.2, -0.15) is 5.01 Å². The summed E-state index contributed by atoms with van der Waals surface area (Å²) in [7, 11) is 0. The lowest BCUT2D eigenvalue weighted by Gasteiger charge is -2.38. The highest BCUT2D eigenvalue weighted by Gasteiger charge is 2.47. The van der Waals surface area contributed by atoms with Crippen LogP contribution in [0.1, 0.15) is 63.7 Å². The van der Waals surface area contributed by atoms with Gasteiger partial charge < -0.3 is 19.7 Å². The molecule has 2 heterocycles. The van der Waals surface area contributed by atoms with Crippen molar-refractivity contribution in [1.82, 2.24) is 20.7 Å². The largest absolute Gasteiger partial charge is 0.484 e. The van der Waals surface area contributed by atoms with Crippen LogP contribution < -0.4 is 15.5 Å². The van der Waals surface area contributed by atoms with Crippen molar-refractivity contribution >= 4 is 29.7 Å². The van der Waals surface area contributed by atoms with Crippen LogP contribution >= 0.6 is 0 Å². The van der Waals surface area contributed by atoms with E-state index in [1.807, 2.05) is 18.7 Å². The van der Waals surface area contributed by atoms with Gasteiger partial charge in [-0.05, 0) is 70.7 Å². The minimum Gasteiger partial charge on any atom is -0.484 e. The highest BCUT2D eigenvalue weighted by Crippen LogP contribution is 2.23. The monoisotopic (exact) mass is 488 g/mol. The van der Waals surface area contributed by atoms with Crippen LogP contribution in [-0.4, -0.2) is 70.5 Å². The number of hydrogen-bond acceptors (Lipinski definition) is 7. The lowest BCUT2D eigenvalue weighted by atomic mass is 9.97. The first-order chi connectivity index (χ1) is 16.6. The van der Waals surface area contributed by atoms with E-state index in [1.54, 1.807) is 13.8 Å². The van der Waals surface area contributed by atoms with E-state index >= 15 is 0 Å². The molecule has 0 unspecified atom stereocenters. The van der Waals surface area contributed by atoms with Gasteiger partial charge in [-0.15, -0.1) is 0 Å². The molecule has 2 aliphatic heterocycles. The Morgan fingerprint density at radius 1 is 1.09 bits per heavy atom. The molecule has 2 fully saturated rings. The molecule has 0 aromatic heterocycles. The Morgan fingerprint density at radius 3 is 2.29 bits per heavy atom. The average Bonchev–Trinajstić information content (AvgIpc) is 3.04. The zero-order chi connectivity index (χ0) is 25.8. The lowest BCUT2D eigenvalue weighted by molar-refractivity contribution is -0.140. The summed E-state index contributed by atoms with van der Waals surface area (Å²) < 4.78 is 10.6. The van der Waals surface area contributed by atoms with E-state index in [0.717, 1.165) is 19.3 Å². The Labute approximate surface area is 204 Å². The van der Waals surface area contributed by atoms with Crippen LogP contribution in [0.2, 0.25) is 0 Å². The van der Waals surface area contributed by atoms with Crippen LogP contribution in [0.15, 0.2) is 24.3 Å². The Balaban J connectivity index is 1.46. The summed E-state index contributed by atoms with van der Waals surface area (Å²) in [5.74, 6) is -1.86. The van der Waals surface area contributed by atoms with E-state index in [9.17, 15) is 24.0 Å². The summed E-state index contributed by atoms with van der Waals surface area (Å²) in [4.78, 5) is 63.0. The first kappa shape index (κ1) is 26.0. The molecule has 35 heavy (non-hydrogen) atoms. The molecule has 11 heteroatoms. The second-order valence-electron chi connectivity index (χ2n) is 9.11. The smallest absolute Gasteiger partial charge is 0.344 e. The fraction of sp³-hybridized carbons (Fsp3) is 0.542. The van der Waals surface area contributed by atoms with Crippen molar-refractivity contribution in [2.75, 3.05) is 13.2 Å². The molecule has 0 radical (unpaired) electrons. The van der Waals surface area contributed by atoms with Crippen LogP contribution in [0.25, 0.3) is 0 Å². The summed E-state index contributed by atoms with van der Waals surface area (Å²) >= 11 is 0. The molecule has 0 saturated carbocycles. The maximum absolute atomic E-state index is 12.6. The number of benzene rings is 1. The molecule has 0 bridgehead atoms. The van der Waals surface area contributed by atoms with E-state index in [0.29, 0.717) is 17.2 Å². The van der Waals surface area contributed by atoms with E-state index < -0.39 is 36.0 Å². The van der Waals surface area contributed by atoms with Crippen molar-refractivity contribution in [2.45, 2.75) is 71.0 Å². The highest BCUT2D eigenvalue weighted by atomic mass is 16.5. The molecule has 0 spiro atoms. The molecule has 190 valence electrons. The minimum atomic E-state index is -1.10. The number of likely N-dealkylation sites (tertiary alicyclic amines) is 1. The normalized spacial score (nSPS) is 24.1. The third kappa shape index (κ3) is 5.90. The number of ether oxygens (including phenoxy) is 2. The number of hydrogen-bond donors (Lipinski definition) is 2. The van der Waals surface area contributed by atoms with Crippen molar-refractivity contribution in [3.05, 3.63) is 29.8 Å². The number of rotatable bonds is 8. The molecule has 2 N–H and O–H groups in total. The Kier molecular flexibility index (Phi) is 7.98. The van der Waals surface area contributed by atoms with Crippen molar-refractivity contribution in [3.63, 3.8) is 0 Å². The van der Waals surface area contributed by atoms with Crippen molar-refractivity contribution in [1.29, 1.82) is 0 Å². The van der Waals surface area contributed by atoms with Gasteiger partial charge in [0.2, 0.25) is 0 Å². The van der Waals surface area contributed by atoms with Crippen LogP contribution in [0.3, 0.4) is 0 Å². The average molecular weight is 489 g/mol. The summed E-state index contributed by atoms with van der Waals surface area (Å²) in [6.07, 6.45) is 3.41. The number of hydrazine groups is 1. The first-order valence-corrected chi connectivity index (χ1v) is 11.7. The van der Waals surface area contributed by atoms with E-state index in [2.05, 4.69) is 10.7 Å². The second kappa shape index (κ2) is 10.7. The van der Waals surface area contributed by atoms with Crippen molar-refractivity contribution in [3.8, 4) is 5.75 Å². The highest BCUT2D eigenvalue weighted by molar-refractivity contribution is 6.07. The topological polar surface area (TPSA) is 134 Å². The molecular weight excluding hydrogens is 456 g/mol. The van der Waals surface area contributed by atoms with Crippen LogP contribution in [0.4, 0.5) is 4.79 Å². The Morgan fingerprint density at radius 2 is 1.71 bits per heavy atom. The van der Waals surface area contributed by atoms with Crippen molar-refractivity contribution in [2.24, 2.45) is 0 Å². The predicted octanol–water partition coefficient (Wildman–Crippen LogP) is 1.76. The first-order valence-electron chi connectivity index (χ1n) is 11.7. The van der Waals surface area contributed by atoms with Gasteiger partial charge in [-0.1, -0.05) is 6.92 Å². The SMILES string of the molecule is CC[C@]1(C)NC(=O)N(NC(=O)COC(=O)c2ccc(OCC(=O)N3[C@@H](C)CCC[C@@H]3C)cc2)C1=O. The van der Waals surface area contributed by atoms with Gasteiger partial charge in [0.15, 0.2) is 13.2 Å². The number of esters is 1. The second-order valence-corrected chi connectivity index (χ2v) is 9.11. The standard InChI is InChI=1S/C24H32N4O7/c1-5-24(4)22(32)28(23(33)25-24)26-19(29)13-35-21(31)17-9-11-18(12-10-17)34-14-20(30)27-15(2)7-6-8-16(27)3/h9-12,15-16H,5-8,13-14H2,1-4H3,(H,25,33)(H,26,29)/t15-,16-,24-/m0/s1. The Bertz CT molecular complexity index is 986. The minimum absolute atomic E-state index is 0.0800. The molecule has 2 aliphatic rings. The summed E-state index contributed by atoms with van der Waals surface area (Å²) in [5, 5.41) is 3.08. The summed E-state index contributed by atoms with van der Waals surface area (Å²) in [6, 6.07) is 5.58. The third-order valence-electron chi connectivity index (χ3n) is 6.47. The third-order valence-corrected chi connectivity index (χ3v) is 6.47. The summed E-state index contributed by atoms with van der Waals surface area (Å²) in [5.41, 5.74) is 1.22. The fourth-order valence-corrected chi connectivity index (χ4v) is 4.22. The van der Waals surface area contributed by atoms with E-state index in [-0.39, 0.29) is 30.2 Å². The fourth-order valence-electron chi connectivity index (χ4n) is 4.22. The molecule has 0 aliphatic carbocycles. The van der Waals surface area contributed by atoms with Crippen LogP contribution in [0, 0.1) is 0 Å². The van der Waals surface area contributed by atoms with E-state index in [1.165, 1.54) is 24.3 Å². The quantitative estimate of drug-likeness (QED) is 0.421. The number of piperidine rings is 1. The maximum atomic E-state index is 12.6. The van der Waals surface area contributed by atoms with Gasteiger partial charge in [-0.3, -0.25) is 19.8 Å². The molecule has 3 atom stereocenters. The van der Waals surface area contributed by atoms with Crippen molar-refractivity contribution < 1.29 is 33.4 Å². The number of urea groups is 1. The molecule has 5 amide bonds. The van der Waals surface area contributed by atoms with Gasteiger partial charge in [0.05, 0.1) is 5.56 Å². The van der Waals surface area contributed by atoms with Gasteiger partial charge in [0.25, 0.3) is 17.7 Å². The molecule has 3 rings (SSSR count). The van der Waals surface area contributed by atoms with E-state index in [4.69, 9.17) is 9.47 Å². The predicted molar refractivity (Wildman–Crippen MR) is 124 cm³/mol. The number of carbonyl (C=O) groups is 5. The number of carbonyl (C=O) groups excluding carboxylic acids is 5. The van der Waals surface area contributed by atoms with Crippen LogP contribution in [0.5, 0.6) is 5.75 Å².